The van der Waals surface area contributed by atoms with E-state index >= 15 is 0 Å². The average Bonchev–Trinajstić information content (AvgIpc) is 3.35. The molecule has 1 saturated heterocycles. The van der Waals surface area contributed by atoms with Gasteiger partial charge in [0.25, 0.3) is 5.56 Å². The summed E-state index contributed by atoms with van der Waals surface area (Å²) in [6.45, 7) is 4.50. The van der Waals surface area contributed by atoms with Crippen LogP contribution in [0.15, 0.2) is 53.5 Å². The Labute approximate surface area is 227 Å². The first kappa shape index (κ1) is 25.5. The topological polar surface area (TPSA) is 99.3 Å². The van der Waals surface area contributed by atoms with Crippen LogP contribution in [0.5, 0.6) is 5.88 Å². The lowest BCUT2D eigenvalue weighted by Gasteiger charge is -2.29. The number of aryl methyl sites for hydroxylation is 1. The van der Waals surface area contributed by atoms with Gasteiger partial charge < -0.3 is 14.8 Å². The first-order valence-corrected chi connectivity index (χ1v) is 13.7. The maximum absolute atomic E-state index is 11.6. The number of ether oxygens (including phenoxy) is 2. The van der Waals surface area contributed by atoms with E-state index in [0.717, 1.165) is 86.5 Å². The second-order valence-electron chi connectivity index (χ2n) is 10.4. The molecule has 0 spiro atoms. The number of nitrogens with one attached hydrogen (secondary N) is 1. The molecule has 0 radical (unpaired) electrons. The number of aromatic nitrogens is 5. The minimum absolute atomic E-state index is 0.0705. The highest BCUT2D eigenvalue weighted by Crippen LogP contribution is 2.36. The monoisotopic (exact) mass is 529 g/mol. The number of nitrogens with zero attached hydrogens (tertiary/aromatic N) is 6. The van der Waals surface area contributed by atoms with Crippen molar-refractivity contribution in [3.63, 3.8) is 0 Å². The minimum atomic E-state index is -0.144. The molecule has 6 rings (SSSR count). The summed E-state index contributed by atoms with van der Waals surface area (Å²) in [5, 5.41) is 13.6. The van der Waals surface area contributed by atoms with Crippen molar-refractivity contribution in [2.45, 2.75) is 44.4 Å². The number of morpholine rings is 1. The maximum Gasteiger partial charge on any atom is 0.266 e. The van der Waals surface area contributed by atoms with Crippen LogP contribution in [0.3, 0.4) is 0 Å². The van der Waals surface area contributed by atoms with Gasteiger partial charge in [-0.1, -0.05) is 24.3 Å². The third-order valence-corrected chi connectivity index (χ3v) is 7.80. The van der Waals surface area contributed by atoms with Crippen molar-refractivity contribution in [3.8, 4) is 17.1 Å². The van der Waals surface area contributed by atoms with E-state index in [0.29, 0.717) is 5.88 Å². The molecule has 2 aliphatic rings. The van der Waals surface area contributed by atoms with E-state index in [1.165, 1.54) is 16.3 Å². The molecule has 10 nitrogen and oxygen atoms in total. The fraction of sp³-hybridized carbons (Fsp3) is 0.448. The summed E-state index contributed by atoms with van der Waals surface area (Å²) in [6, 6.07) is 14.3. The highest BCUT2D eigenvalue weighted by Gasteiger charge is 2.27. The van der Waals surface area contributed by atoms with Gasteiger partial charge in [-0.15, -0.1) is 5.10 Å². The van der Waals surface area contributed by atoms with Gasteiger partial charge >= 0.3 is 0 Å². The number of hydrogen-bond donors (Lipinski definition) is 1. The molecule has 0 atom stereocenters. The van der Waals surface area contributed by atoms with Crippen LogP contribution in [-0.4, -0.2) is 68.9 Å². The molecule has 1 aliphatic carbocycles. The van der Waals surface area contributed by atoms with Crippen LogP contribution in [0.2, 0.25) is 0 Å². The van der Waals surface area contributed by atoms with Crippen molar-refractivity contribution >= 4 is 16.7 Å². The molecule has 0 amide bonds. The van der Waals surface area contributed by atoms with Gasteiger partial charge in [0, 0.05) is 69.1 Å². The molecule has 4 aromatic rings. The zero-order valence-electron chi connectivity index (χ0n) is 22.5. The van der Waals surface area contributed by atoms with Crippen molar-refractivity contribution in [1.29, 1.82) is 0 Å². The number of rotatable bonds is 7. The molecule has 3 aromatic heterocycles. The molecule has 1 N–H and O–H groups in total. The lowest BCUT2D eigenvalue weighted by Crippen LogP contribution is -2.35. The van der Waals surface area contributed by atoms with Gasteiger partial charge in [0.05, 0.1) is 24.8 Å². The summed E-state index contributed by atoms with van der Waals surface area (Å²) in [5.74, 6) is 1.32. The Kier molecular flexibility index (Phi) is 7.30. The van der Waals surface area contributed by atoms with Crippen molar-refractivity contribution in [2.24, 2.45) is 7.05 Å². The Hall–Kier alpha value is -3.76. The van der Waals surface area contributed by atoms with Crippen LogP contribution >= 0.6 is 0 Å². The number of hydrogen-bond acceptors (Lipinski definition) is 8. The van der Waals surface area contributed by atoms with Crippen LogP contribution < -0.4 is 15.6 Å². The summed E-state index contributed by atoms with van der Waals surface area (Å²) in [6.07, 6.45) is 5.69. The van der Waals surface area contributed by atoms with Gasteiger partial charge in [0.2, 0.25) is 5.88 Å². The molecular formula is C29H35N7O3. The van der Waals surface area contributed by atoms with Gasteiger partial charge in [0.15, 0.2) is 0 Å². The van der Waals surface area contributed by atoms with E-state index in [1.807, 2.05) is 13.2 Å². The Morgan fingerprint density at radius 1 is 1.03 bits per heavy atom. The van der Waals surface area contributed by atoms with E-state index in [-0.39, 0.29) is 17.7 Å². The molecule has 0 bridgehead atoms. The SMILES string of the molecule is CNc1cc2c(cn1)c(-c1ccc(CN3CCOCC3)cc1)nn2C1CCC(Oc2ccc(=O)n(C)n2)CC1. The Morgan fingerprint density at radius 2 is 1.79 bits per heavy atom. The van der Waals surface area contributed by atoms with Crippen LogP contribution in [0, 0.1) is 0 Å². The van der Waals surface area contributed by atoms with Crippen LogP contribution in [-0.2, 0) is 18.3 Å². The first-order chi connectivity index (χ1) is 19.1. The van der Waals surface area contributed by atoms with Gasteiger partial charge in [0.1, 0.15) is 17.6 Å². The Balaban J connectivity index is 1.21. The molecule has 204 valence electrons. The lowest BCUT2D eigenvalue weighted by molar-refractivity contribution is 0.0342. The largest absolute Gasteiger partial charge is 0.473 e. The molecule has 1 aliphatic heterocycles. The lowest BCUT2D eigenvalue weighted by atomic mass is 9.93. The van der Waals surface area contributed by atoms with Crippen LogP contribution in [0.1, 0.15) is 37.3 Å². The third-order valence-electron chi connectivity index (χ3n) is 7.80. The highest BCUT2D eigenvalue weighted by molar-refractivity contribution is 5.94. The molecule has 4 heterocycles. The Morgan fingerprint density at radius 3 is 2.51 bits per heavy atom. The fourth-order valence-electron chi connectivity index (χ4n) is 5.57. The molecule has 10 heteroatoms. The van der Waals surface area contributed by atoms with E-state index in [9.17, 15) is 4.79 Å². The summed E-state index contributed by atoms with van der Waals surface area (Å²) < 4.78 is 15.1. The second kappa shape index (κ2) is 11.2. The van der Waals surface area contributed by atoms with Crippen molar-refractivity contribution in [3.05, 3.63) is 64.6 Å². The minimum Gasteiger partial charge on any atom is -0.473 e. The zero-order chi connectivity index (χ0) is 26.8. The smallest absolute Gasteiger partial charge is 0.266 e. The number of anilines is 1. The second-order valence-corrected chi connectivity index (χ2v) is 10.4. The standard InChI is InChI=1S/C29H35N7O3/c1-30-26-17-25-24(18-31-26)29(21-5-3-20(4-6-21)19-35-13-15-38-16-14-35)33-36(25)22-7-9-23(10-8-22)39-27-11-12-28(37)34(2)32-27/h3-6,11-12,17-18,22-23H,7-10,13-16,19H2,1-2H3,(H,30,31). The molecule has 1 saturated carbocycles. The van der Waals surface area contributed by atoms with Crippen LogP contribution in [0.25, 0.3) is 22.2 Å². The van der Waals surface area contributed by atoms with E-state index in [2.05, 4.69) is 55.3 Å². The van der Waals surface area contributed by atoms with Crippen molar-refractivity contribution in [1.82, 2.24) is 29.4 Å². The molecule has 1 aromatic carbocycles. The first-order valence-electron chi connectivity index (χ1n) is 13.7. The van der Waals surface area contributed by atoms with Gasteiger partial charge in [-0.25, -0.2) is 9.67 Å². The summed E-state index contributed by atoms with van der Waals surface area (Å²) >= 11 is 0. The van der Waals surface area contributed by atoms with E-state index in [1.54, 1.807) is 13.1 Å². The number of fused-ring (bicyclic) bond motifs is 1. The third kappa shape index (κ3) is 5.53. The van der Waals surface area contributed by atoms with Crippen molar-refractivity contribution in [2.75, 3.05) is 38.7 Å². The summed E-state index contributed by atoms with van der Waals surface area (Å²) in [7, 11) is 3.53. The van der Waals surface area contributed by atoms with Crippen molar-refractivity contribution < 1.29 is 9.47 Å². The molecule has 2 fully saturated rings. The summed E-state index contributed by atoms with van der Waals surface area (Å²) in [4.78, 5) is 18.7. The van der Waals surface area contributed by atoms with Gasteiger partial charge in [-0.05, 0) is 31.2 Å². The van der Waals surface area contributed by atoms with Gasteiger partial charge in [-0.2, -0.15) is 5.10 Å². The quantitative estimate of drug-likeness (QED) is 0.388. The normalized spacial score (nSPS) is 20.3. The number of pyridine rings is 1. The Bertz CT molecular complexity index is 1480. The van der Waals surface area contributed by atoms with E-state index < -0.39 is 0 Å². The number of benzene rings is 1. The van der Waals surface area contributed by atoms with Gasteiger partial charge in [-0.3, -0.25) is 14.4 Å². The highest BCUT2D eigenvalue weighted by atomic mass is 16.5. The molecular weight excluding hydrogens is 494 g/mol. The molecule has 0 unspecified atom stereocenters. The zero-order valence-corrected chi connectivity index (χ0v) is 22.5. The predicted octanol–water partition coefficient (Wildman–Crippen LogP) is 3.63. The fourth-order valence-corrected chi connectivity index (χ4v) is 5.57. The predicted molar refractivity (Wildman–Crippen MR) is 150 cm³/mol. The van der Waals surface area contributed by atoms with E-state index in [4.69, 9.17) is 14.6 Å². The maximum atomic E-state index is 11.6. The summed E-state index contributed by atoms with van der Waals surface area (Å²) in [5.41, 5.74) is 4.30. The molecule has 39 heavy (non-hydrogen) atoms. The van der Waals surface area contributed by atoms with Crippen LogP contribution in [0.4, 0.5) is 5.82 Å². The average molecular weight is 530 g/mol.